The Balaban J connectivity index is 0.00000420. The lowest BCUT2D eigenvalue weighted by atomic mass is 9.98. The number of nitrogens with one attached hydrogen (secondary N) is 2. The molecule has 29 heavy (non-hydrogen) atoms. The van der Waals surface area contributed by atoms with Crippen LogP contribution in [0.4, 0.5) is 0 Å². The van der Waals surface area contributed by atoms with Crippen LogP contribution < -0.4 is 15.4 Å². The second-order valence-electron chi connectivity index (χ2n) is 7.60. The van der Waals surface area contributed by atoms with Gasteiger partial charge in [0.15, 0.2) is 5.96 Å². The average molecular weight is 518 g/mol. The van der Waals surface area contributed by atoms with Crippen LogP contribution in [-0.2, 0) is 11.3 Å². The highest BCUT2D eigenvalue weighted by atomic mass is 127. The van der Waals surface area contributed by atoms with Gasteiger partial charge in [-0.05, 0) is 39.4 Å². The van der Waals surface area contributed by atoms with E-state index in [0.717, 1.165) is 43.4 Å². The van der Waals surface area contributed by atoms with Crippen LogP contribution in [0.1, 0.15) is 44.1 Å². The average Bonchev–Trinajstić information content (AvgIpc) is 2.71. The summed E-state index contributed by atoms with van der Waals surface area (Å²) in [7, 11) is 5.90. The van der Waals surface area contributed by atoms with Gasteiger partial charge in [0.1, 0.15) is 12.4 Å². The monoisotopic (exact) mass is 518 g/mol. The fraction of sp³-hybridized carbons (Fsp3) is 0.682. The Morgan fingerprint density at radius 3 is 2.59 bits per heavy atom. The first-order valence-electron chi connectivity index (χ1n) is 10.6. The number of hydrogen-bond donors (Lipinski definition) is 2. The molecule has 0 bridgehead atoms. The number of halogens is 1. The fourth-order valence-corrected chi connectivity index (χ4v) is 3.29. The number of ether oxygens (including phenoxy) is 2. The second-order valence-corrected chi connectivity index (χ2v) is 7.60. The van der Waals surface area contributed by atoms with Gasteiger partial charge >= 0.3 is 0 Å². The predicted molar refractivity (Wildman–Crippen MR) is 132 cm³/mol. The third-order valence-electron chi connectivity index (χ3n) is 4.96. The molecule has 0 heterocycles. The van der Waals surface area contributed by atoms with Crippen LogP contribution in [0.5, 0.6) is 5.75 Å². The number of aliphatic imine (C=N–C) groups is 1. The Hall–Kier alpha value is -1.06. The van der Waals surface area contributed by atoms with Gasteiger partial charge in [0.05, 0.1) is 6.10 Å². The second kappa shape index (κ2) is 15.7. The fourth-order valence-electron chi connectivity index (χ4n) is 3.29. The van der Waals surface area contributed by atoms with Gasteiger partial charge in [0, 0.05) is 38.9 Å². The molecule has 0 aromatic heterocycles. The molecule has 1 aliphatic rings. The zero-order chi connectivity index (χ0) is 20.0. The van der Waals surface area contributed by atoms with Gasteiger partial charge < -0.3 is 25.0 Å². The first-order chi connectivity index (χ1) is 13.7. The van der Waals surface area contributed by atoms with Gasteiger partial charge in [-0.3, -0.25) is 4.99 Å². The highest BCUT2D eigenvalue weighted by molar-refractivity contribution is 14.0. The van der Waals surface area contributed by atoms with Crippen molar-refractivity contribution in [3.63, 3.8) is 0 Å². The number of hydrogen-bond acceptors (Lipinski definition) is 4. The van der Waals surface area contributed by atoms with E-state index in [4.69, 9.17) is 9.47 Å². The van der Waals surface area contributed by atoms with Gasteiger partial charge in [-0.1, -0.05) is 37.5 Å². The van der Waals surface area contributed by atoms with Gasteiger partial charge in [0.2, 0.25) is 0 Å². The predicted octanol–water partition coefficient (Wildman–Crippen LogP) is 3.65. The zero-order valence-corrected chi connectivity index (χ0v) is 20.6. The Morgan fingerprint density at radius 1 is 1.10 bits per heavy atom. The molecular weight excluding hydrogens is 479 g/mol. The molecule has 0 aliphatic heterocycles. The molecule has 0 unspecified atom stereocenters. The molecular formula is C22H39IN4O2. The first kappa shape index (κ1) is 26.0. The lowest BCUT2D eigenvalue weighted by Crippen LogP contribution is -2.37. The van der Waals surface area contributed by atoms with Crippen molar-refractivity contribution in [3.8, 4) is 5.75 Å². The van der Waals surface area contributed by atoms with Gasteiger partial charge in [-0.2, -0.15) is 0 Å². The van der Waals surface area contributed by atoms with Crippen LogP contribution in [0.3, 0.4) is 0 Å². The molecule has 0 atom stereocenters. The maximum absolute atomic E-state index is 5.98. The van der Waals surface area contributed by atoms with Crippen molar-refractivity contribution in [1.82, 2.24) is 15.5 Å². The summed E-state index contributed by atoms with van der Waals surface area (Å²) < 4.78 is 11.9. The Labute approximate surface area is 193 Å². The third kappa shape index (κ3) is 11.1. The molecule has 0 radical (unpaired) electrons. The maximum atomic E-state index is 5.98. The summed E-state index contributed by atoms with van der Waals surface area (Å²) in [6.45, 7) is 3.92. The van der Waals surface area contributed by atoms with Gasteiger partial charge in [-0.15, -0.1) is 24.0 Å². The molecule has 0 spiro atoms. The summed E-state index contributed by atoms with van der Waals surface area (Å²) in [6.07, 6.45) is 7.93. The summed E-state index contributed by atoms with van der Waals surface area (Å²) in [5, 5.41) is 6.74. The molecule has 0 amide bonds. The van der Waals surface area contributed by atoms with E-state index in [2.05, 4.69) is 26.6 Å². The Morgan fingerprint density at radius 2 is 1.86 bits per heavy atom. The summed E-state index contributed by atoms with van der Waals surface area (Å²) >= 11 is 0. The normalized spacial score (nSPS) is 15.1. The molecule has 6 nitrogen and oxygen atoms in total. The molecule has 1 aromatic carbocycles. The Bertz CT molecular complexity index is 578. The third-order valence-corrected chi connectivity index (χ3v) is 4.96. The van der Waals surface area contributed by atoms with Crippen molar-refractivity contribution in [2.45, 2.75) is 51.2 Å². The molecule has 1 fully saturated rings. The van der Waals surface area contributed by atoms with E-state index in [1.165, 1.54) is 32.1 Å². The number of likely N-dealkylation sites (N-methyl/N-ethyl adjacent to an activating group) is 1. The molecule has 166 valence electrons. The van der Waals surface area contributed by atoms with Crippen molar-refractivity contribution < 1.29 is 9.47 Å². The van der Waals surface area contributed by atoms with Crippen molar-refractivity contribution in [3.05, 3.63) is 29.8 Å². The standard InChI is InChI=1S/C22H38N4O2.HI/c1-23-22(24-14-9-16-27-20-11-5-4-6-12-20)25-18-19-10-7-8-13-21(19)28-17-15-26(2)3;/h7-8,10,13,20H,4-6,9,11-12,14-18H2,1-3H3,(H2,23,24,25);1H. The summed E-state index contributed by atoms with van der Waals surface area (Å²) in [5.74, 6) is 1.73. The van der Waals surface area contributed by atoms with Crippen LogP contribution in [0, 0.1) is 0 Å². The van der Waals surface area contributed by atoms with Crippen molar-refractivity contribution in [1.29, 1.82) is 0 Å². The van der Waals surface area contributed by atoms with Crippen LogP contribution in [0.15, 0.2) is 29.3 Å². The zero-order valence-electron chi connectivity index (χ0n) is 18.3. The number of nitrogens with zero attached hydrogens (tertiary/aromatic N) is 2. The maximum Gasteiger partial charge on any atom is 0.191 e. The van der Waals surface area contributed by atoms with E-state index < -0.39 is 0 Å². The minimum absolute atomic E-state index is 0. The minimum atomic E-state index is 0. The number of rotatable bonds is 11. The van der Waals surface area contributed by atoms with E-state index in [1.54, 1.807) is 7.05 Å². The van der Waals surface area contributed by atoms with Gasteiger partial charge in [-0.25, -0.2) is 0 Å². The minimum Gasteiger partial charge on any atom is -0.492 e. The highest BCUT2D eigenvalue weighted by Gasteiger charge is 2.13. The van der Waals surface area contributed by atoms with Crippen molar-refractivity contribution >= 4 is 29.9 Å². The first-order valence-corrected chi connectivity index (χ1v) is 10.6. The molecule has 1 aliphatic carbocycles. The van der Waals surface area contributed by atoms with Crippen molar-refractivity contribution in [2.75, 3.05) is 47.4 Å². The highest BCUT2D eigenvalue weighted by Crippen LogP contribution is 2.20. The van der Waals surface area contributed by atoms with Crippen LogP contribution in [0.2, 0.25) is 0 Å². The van der Waals surface area contributed by atoms with Crippen LogP contribution >= 0.6 is 24.0 Å². The van der Waals surface area contributed by atoms with E-state index in [9.17, 15) is 0 Å². The lowest BCUT2D eigenvalue weighted by molar-refractivity contribution is 0.0277. The van der Waals surface area contributed by atoms with Crippen LogP contribution in [-0.4, -0.2) is 64.4 Å². The van der Waals surface area contributed by atoms with Crippen molar-refractivity contribution in [2.24, 2.45) is 4.99 Å². The number of guanidine groups is 1. The van der Waals surface area contributed by atoms with Gasteiger partial charge in [0.25, 0.3) is 0 Å². The molecule has 1 aromatic rings. The molecule has 1 saturated carbocycles. The summed E-state index contributed by atoms with van der Waals surface area (Å²) in [6, 6.07) is 8.15. The van der Waals surface area contributed by atoms with Crippen LogP contribution in [0.25, 0.3) is 0 Å². The van der Waals surface area contributed by atoms with E-state index in [1.807, 2.05) is 32.3 Å². The van der Waals surface area contributed by atoms with E-state index in [0.29, 0.717) is 19.3 Å². The number of para-hydroxylation sites is 1. The molecule has 2 N–H and O–H groups in total. The summed E-state index contributed by atoms with van der Waals surface area (Å²) in [4.78, 5) is 6.43. The molecule has 0 saturated heterocycles. The molecule has 7 heteroatoms. The van der Waals surface area contributed by atoms with E-state index in [-0.39, 0.29) is 24.0 Å². The smallest absolute Gasteiger partial charge is 0.191 e. The lowest BCUT2D eigenvalue weighted by Gasteiger charge is -2.22. The SMILES string of the molecule is CN=C(NCCCOC1CCCCC1)NCc1ccccc1OCCN(C)C.I. The summed E-state index contributed by atoms with van der Waals surface area (Å²) in [5.41, 5.74) is 1.13. The quantitative estimate of drug-likeness (QED) is 0.203. The Kier molecular flexibility index (Phi) is 14.1. The number of benzene rings is 1. The van der Waals surface area contributed by atoms with E-state index >= 15 is 0 Å². The molecule has 2 rings (SSSR count). The topological polar surface area (TPSA) is 58.1 Å². The largest absolute Gasteiger partial charge is 0.492 e.